The fourth-order valence-electron chi connectivity index (χ4n) is 1.73. The summed E-state index contributed by atoms with van der Waals surface area (Å²) in [5.74, 6) is 5.55. The quantitative estimate of drug-likeness (QED) is 0.604. The first-order chi connectivity index (χ1) is 9.27. The molecule has 2 nitrogen and oxygen atoms in total. The second-order valence-corrected chi connectivity index (χ2v) is 4.41. The summed E-state index contributed by atoms with van der Waals surface area (Å²) in [5, 5.41) is 0. The molecule has 0 aromatic heterocycles. The van der Waals surface area contributed by atoms with Crippen LogP contribution in [0.15, 0.2) is 18.2 Å². The number of rotatable bonds is 7. The molecule has 0 aliphatic carbocycles. The smallest absolute Gasteiger partial charge is 0.165 e. The predicted octanol–water partition coefficient (Wildman–Crippen LogP) is 3.49. The average Bonchev–Trinajstić information content (AvgIpc) is 2.43. The first-order valence-electron chi connectivity index (χ1n) is 6.89. The van der Waals surface area contributed by atoms with E-state index in [1.165, 1.54) is 25.3 Å². The van der Waals surface area contributed by atoms with Gasteiger partial charge in [-0.25, -0.2) is 4.39 Å². The van der Waals surface area contributed by atoms with Crippen LogP contribution in [0.5, 0.6) is 5.75 Å². The summed E-state index contributed by atoms with van der Waals surface area (Å²) in [6.45, 7) is 3.03. The van der Waals surface area contributed by atoms with Crippen LogP contribution in [0.2, 0.25) is 0 Å². The van der Waals surface area contributed by atoms with Crippen LogP contribution in [0.3, 0.4) is 0 Å². The van der Waals surface area contributed by atoms with E-state index in [-0.39, 0.29) is 11.6 Å². The molecule has 3 heteroatoms. The lowest BCUT2D eigenvalue weighted by Crippen LogP contribution is -2.00. The summed E-state index contributed by atoms with van der Waals surface area (Å²) in [7, 11) is 0. The second-order valence-electron chi connectivity index (χ2n) is 4.41. The van der Waals surface area contributed by atoms with Gasteiger partial charge in [0.1, 0.15) is 0 Å². The van der Waals surface area contributed by atoms with Crippen LogP contribution in [0.25, 0.3) is 0 Å². The number of hydrogen-bond acceptors (Lipinski definition) is 2. The molecule has 0 spiro atoms. The molecule has 0 fully saturated rings. The van der Waals surface area contributed by atoms with Gasteiger partial charge in [0, 0.05) is 5.56 Å². The number of halogens is 1. The van der Waals surface area contributed by atoms with Gasteiger partial charge in [0.15, 0.2) is 11.6 Å². The van der Waals surface area contributed by atoms with E-state index < -0.39 is 0 Å². The Kier molecular flexibility index (Phi) is 7.69. The molecule has 0 saturated carbocycles. The topological polar surface area (TPSA) is 35.2 Å². The van der Waals surface area contributed by atoms with Crippen molar-refractivity contribution in [1.29, 1.82) is 0 Å². The molecule has 2 N–H and O–H groups in total. The van der Waals surface area contributed by atoms with Crippen molar-refractivity contribution in [2.24, 2.45) is 5.73 Å². The zero-order chi connectivity index (χ0) is 13.9. The maximum Gasteiger partial charge on any atom is 0.165 e. The van der Waals surface area contributed by atoms with Crippen molar-refractivity contribution >= 4 is 0 Å². The molecule has 0 unspecified atom stereocenters. The van der Waals surface area contributed by atoms with Crippen LogP contribution < -0.4 is 10.5 Å². The summed E-state index contributed by atoms with van der Waals surface area (Å²) >= 11 is 0. The average molecular weight is 263 g/mol. The highest BCUT2D eigenvalue weighted by atomic mass is 19.1. The van der Waals surface area contributed by atoms with E-state index in [2.05, 4.69) is 18.8 Å². The molecule has 0 aliphatic rings. The van der Waals surface area contributed by atoms with Gasteiger partial charge in [0.2, 0.25) is 0 Å². The van der Waals surface area contributed by atoms with Gasteiger partial charge in [0.25, 0.3) is 0 Å². The highest BCUT2D eigenvalue weighted by Gasteiger charge is 2.03. The third kappa shape index (κ3) is 6.26. The molecule has 0 radical (unpaired) electrons. The second kappa shape index (κ2) is 9.41. The number of benzene rings is 1. The van der Waals surface area contributed by atoms with Gasteiger partial charge in [-0.1, -0.05) is 44.4 Å². The number of hydrogen-bond donors (Lipinski definition) is 1. The van der Waals surface area contributed by atoms with E-state index in [4.69, 9.17) is 10.5 Å². The highest BCUT2D eigenvalue weighted by molar-refractivity contribution is 5.40. The zero-order valence-corrected chi connectivity index (χ0v) is 11.5. The van der Waals surface area contributed by atoms with E-state index in [9.17, 15) is 4.39 Å². The Bertz CT molecular complexity index is 434. The molecule has 0 bridgehead atoms. The molecular formula is C16H22FNO. The van der Waals surface area contributed by atoms with Gasteiger partial charge < -0.3 is 10.5 Å². The van der Waals surface area contributed by atoms with Crippen molar-refractivity contribution < 1.29 is 9.13 Å². The monoisotopic (exact) mass is 263 g/mol. The van der Waals surface area contributed by atoms with Crippen molar-refractivity contribution in [2.45, 2.75) is 39.0 Å². The van der Waals surface area contributed by atoms with Gasteiger partial charge in [-0.2, -0.15) is 0 Å². The summed E-state index contributed by atoms with van der Waals surface area (Å²) < 4.78 is 19.0. The SMILES string of the molecule is CCCCCCCOc1cc(C#CCN)ccc1F. The Hall–Kier alpha value is -1.53. The van der Waals surface area contributed by atoms with Gasteiger partial charge in [0.05, 0.1) is 13.2 Å². The van der Waals surface area contributed by atoms with Crippen LogP contribution in [0.1, 0.15) is 44.6 Å². The summed E-state index contributed by atoms with van der Waals surface area (Å²) in [6, 6.07) is 4.64. The largest absolute Gasteiger partial charge is 0.490 e. The maximum atomic E-state index is 13.5. The van der Waals surface area contributed by atoms with E-state index >= 15 is 0 Å². The Morgan fingerprint density at radius 3 is 2.74 bits per heavy atom. The Balaban J connectivity index is 2.43. The van der Waals surface area contributed by atoms with Crippen molar-refractivity contribution in [3.8, 4) is 17.6 Å². The Morgan fingerprint density at radius 1 is 1.21 bits per heavy atom. The third-order valence-corrected chi connectivity index (χ3v) is 2.77. The van der Waals surface area contributed by atoms with Gasteiger partial charge in [-0.05, 0) is 24.6 Å². The number of ether oxygens (including phenoxy) is 1. The lowest BCUT2D eigenvalue weighted by Gasteiger charge is -2.07. The molecule has 1 rings (SSSR count). The standard InChI is InChI=1S/C16H22FNO/c1-2-3-4-5-6-12-19-16-13-14(8-7-11-18)9-10-15(16)17/h9-10,13H,2-6,11-12,18H2,1H3. The van der Waals surface area contributed by atoms with E-state index in [0.717, 1.165) is 18.4 Å². The molecule has 19 heavy (non-hydrogen) atoms. The van der Waals surface area contributed by atoms with Crippen LogP contribution in [0.4, 0.5) is 4.39 Å². The summed E-state index contributed by atoms with van der Waals surface area (Å²) in [5.41, 5.74) is 6.03. The van der Waals surface area contributed by atoms with Crippen LogP contribution in [0, 0.1) is 17.7 Å². The molecule has 0 heterocycles. The molecule has 0 saturated heterocycles. The van der Waals surface area contributed by atoms with E-state index in [0.29, 0.717) is 13.2 Å². The fourth-order valence-corrected chi connectivity index (χ4v) is 1.73. The molecule has 0 aliphatic heterocycles. The molecule has 104 valence electrons. The lowest BCUT2D eigenvalue weighted by atomic mass is 10.2. The first kappa shape index (κ1) is 15.5. The molecular weight excluding hydrogens is 241 g/mol. The highest BCUT2D eigenvalue weighted by Crippen LogP contribution is 2.19. The normalized spacial score (nSPS) is 9.84. The lowest BCUT2D eigenvalue weighted by molar-refractivity contribution is 0.290. The Morgan fingerprint density at radius 2 is 2.00 bits per heavy atom. The summed E-state index contributed by atoms with van der Waals surface area (Å²) in [6.07, 6.45) is 5.76. The summed E-state index contributed by atoms with van der Waals surface area (Å²) in [4.78, 5) is 0. The number of unbranched alkanes of at least 4 members (excludes halogenated alkanes) is 4. The number of nitrogens with two attached hydrogens (primary N) is 1. The molecule has 1 aromatic rings. The third-order valence-electron chi connectivity index (χ3n) is 2.77. The van der Waals surface area contributed by atoms with Crippen LogP contribution in [-0.4, -0.2) is 13.2 Å². The van der Waals surface area contributed by atoms with Crippen molar-refractivity contribution in [3.05, 3.63) is 29.6 Å². The van der Waals surface area contributed by atoms with Crippen molar-refractivity contribution in [2.75, 3.05) is 13.2 Å². The fraction of sp³-hybridized carbons (Fsp3) is 0.500. The van der Waals surface area contributed by atoms with Gasteiger partial charge in [-0.15, -0.1) is 0 Å². The van der Waals surface area contributed by atoms with E-state index in [1.807, 2.05) is 0 Å². The minimum atomic E-state index is -0.341. The van der Waals surface area contributed by atoms with E-state index in [1.54, 1.807) is 12.1 Å². The minimum absolute atomic E-state index is 0.277. The first-order valence-corrected chi connectivity index (χ1v) is 6.89. The molecule has 0 amide bonds. The van der Waals surface area contributed by atoms with Crippen molar-refractivity contribution in [3.63, 3.8) is 0 Å². The zero-order valence-electron chi connectivity index (χ0n) is 11.5. The predicted molar refractivity (Wildman–Crippen MR) is 76.6 cm³/mol. The van der Waals surface area contributed by atoms with Gasteiger partial charge in [-0.3, -0.25) is 0 Å². The van der Waals surface area contributed by atoms with Gasteiger partial charge >= 0.3 is 0 Å². The Labute approximate surface area is 115 Å². The minimum Gasteiger partial charge on any atom is -0.490 e. The van der Waals surface area contributed by atoms with Crippen molar-refractivity contribution in [1.82, 2.24) is 0 Å². The molecule has 1 aromatic carbocycles. The molecule has 0 atom stereocenters. The van der Waals surface area contributed by atoms with Crippen LogP contribution in [-0.2, 0) is 0 Å². The van der Waals surface area contributed by atoms with Crippen LogP contribution >= 0.6 is 0 Å². The maximum absolute atomic E-state index is 13.5.